The number of aromatic nitrogens is 2. The molecule has 0 radical (unpaired) electrons. The highest BCUT2D eigenvalue weighted by Gasteiger charge is 2.13. The second-order valence-corrected chi connectivity index (χ2v) is 6.32. The second-order valence-electron chi connectivity index (χ2n) is 5.88. The van der Waals surface area contributed by atoms with Crippen LogP contribution in [0.2, 0.25) is 5.02 Å². The Hall–Kier alpha value is -3.39. The van der Waals surface area contributed by atoms with Crippen molar-refractivity contribution < 1.29 is 19.1 Å². The fraction of sp³-hybridized carbons (Fsp3) is 0.158. The summed E-state index contributed by atoms with van der Waals surface area (Å²) in [5.74, 6) is -0.439. The van der Waals surface area contributed by atoms with Crippen molar-refractivity contribution in [3.05, 3.63) is 65.0 Å². The number of carbonyl (C=O) groups is 2. The summed E-state index contributed by atoms with van der Waals surface area (Å²) in [7, 11) is 0. The molecule has 0 spiro atoms. The Morgan fingerprint density at radius 1 is 1.07 bits per heavy atom. The third kappa shape index (κ3) is 5.08. The molecule has 3 rings (SSSR count). The number of aromatic hydroxyl groups is 1. The van der Waals surface area contributed by atoms with Crippen molar-refractivity contribution in [1.82, 2.24) is 21.0 Å². The van der Waals surface area contributed by atoms with Crippen molar-refractivity contribution in [2.45, 2.75) is 19.3 Å². The number of amides is 2. The van der Waals surface area contributed by atoms with Gasteiger partial charge in [-0.1, -0.05) is 29.8 Å². The van der Waals surface area contributed by atoms with Crippen molar-refractivity contribution in [3.63, 3.8) is 0 Å². The second kappa shape index (κ2) is 9.01. The van der Waals surface area contributed by atoms with Gasteiger partial charge in [-0.25, -0.2) is 0 Å². The molecule has 1 aromatic heterocycles. The molecule has 2 aromatic carbocycles. The van der Waals surface area contributed by atoms with E-state index in [1.807, 2.05) is 30.3 Å². The summed E-state index contributed by atoms with van der Waals surface area (Å²) in [6, 6.07) is 13.4. The predicted octanol–water partition coefficient (Wildman–Crippen LogP) is 2.88. The number of halogens is 1. The maximum Gasteiger partial charge on any atom is 0.273 e. The Bertz CT molecular complexity index is 975. The van der Waals surface area contributed by atoms with Gasteiger partial charge in [0.2, 0.25) is 17.7 Å². The molecule has 0 bridgehead atoms. The van der Waals surface area contributed by atoms with Crippen molar-refractivity contribution in [2.75, 3.05) is 0 Å². The zero-order valence-corrected chi connectivity index (χ0v) is 15.4. The Balaban J connectivity index is 1.43. The molecule has 1 heterocycles. The van der Waals surface area contributed by atoms with Crippen molar-refractivity contribution in [3.8, 4) is 17.2 Å². The fourth-order valence-corrected chi connectivity index (χ4v) is 2.57. The van der Waals surface area contributed by atoms with Gasteiger partial charge in [-0.15, -0.1) is 10.2 Å². The smallest absolute Gasteiger partial charge is 0.273 e. The number of phenolic OH excluding ortho intramolecular Hbond substituents is 1. The van der Waals surface area contributed by atoms with Gasteiger partial charge in [0.1, 0.15) is 5.75 Å². The molecule has 0 fully saturated rings. The van der Waals surface area contributed by atoms with E-state index in [0.29, 0.717) is 29.6 Å². The Morgan fingerprint density at radius 2 is 1.86 bits per heavy atom. The van der Waals surface area contributed by atoms with Crippen molar-refractivity contribution in [2.24, 2.45) is 0 Å². The molecule has 28 heavy (non-hydrogen) atoms. The van der Waals surface area contributed by atoms with E-state index in [0.717, 1.165) is 5.56 Å². The molecule has 0 aliphatic heterocycles. The van der Waals surface area contributed by atoms with E-state index in [1.54, 1.807) is 0 Å². The minimum absolute atomic E-state index is 0.0351. The zero-order chi connectivity index (χ0) is 19.9. The van der Waals surface area contributed by atoms with E-state index in [2.05, 4.69) is 21.0 Å². The van der Waals surface area contributed by atoms with Crippen molar-refractivity contribution in [1.29, 1.82) is 0 Å². The molecule has 9 heteroatoms. The van der Waals surface area contributed by atoms with Crippen LogP contribution in [0, 0.1) is 0 Å². The molecule has 8 nitrogen and oxygen atoms in total. The van der Waals surface area contributed by atoms with E-state index in [1.165, 1.54) is 18.2 Å². The van der Waals surface area contributed by atoms with Crippen LogP contribution in [0.4, 0.5) is 0 Å². The molecular formula is C19H17ClN4O4. The number of hydrazine groups is 1. The molecule has 0 saturated heterocycles. The normalized spacial score (nSPS) is 10.5. The maximum absolute atomic E-state index is 12.0. The average molecular weight is 401 g/mol. The van der Waals surface area contributed by atoms with E-state index in [9.17, 15) is 14.7 Å². The van der Waals surface area contributed by atoms with E-state index in [4.69, 9.17) is 16.0 Å². The molecule has 144 valence electrons. The first-order valence-corrected chi connectivity index (χ1v) is 8.86. The molecule has 0 aliphatic carbocycles. The van der Waals surface area contributed by atoms with Gasteiger partial charge in [0.25, 0.3) is 5.91 Å². The lowest BCUT2D eigenvalue weighted by Crippen LogP contribution is -2.41. The lowest BCUT2D eigenvalue weighted by molar-refractivity contribution is -0.121. The zero-order valence-electron chi connectivity index (χ0n) is 14.7. The number of nitrogens with zero attached hydrogens (tertiary/aromatic N) is 2. The van der Waals surface area contributed by atoms with Gasteiger partial charge in [0.05, 0.1) is 5.56 Å². The summed E-state index contributed by atoms with van der Waals surface area (Å²) in [6.07, 6.45) is 1.03. The molecule has 2 amide bonds. The molecule has 0 saturated carbocycles. The summed E-state index contributed by atoms with van der Waals surface area (Å²) < 4.78 is 5.57. The summed E-state index contributed by atoms with van der Waals surface area (Å²) >= 11 is 5.79. The Kier molecular flexibility index (Phi) is 6.23. The number of benzene rings is 2. The van der Waals surface area contributed by atoms with Crippen LogP contribution in [0.1, 0.15) is 29.1 Å². The predicted molar refractivity (Wildman–Crippen MR) is 101 cm³/mol. The topological polar surface area (TPSA) is 117 Å². The fourth-order valence-electron chi connectivity index (χ4n) is 2.40. The highest BCUT2D eigenvalue weighted by atomic mass is 35.5. The average Bonchev–Trinajstić information content (AvgIpc) is 3.17. The molecule has 0 unspecified atom stereocenters. The van der Waals surface area contributed by atoms with E-state index >= 15 is 0 Å². The number of hydrogen-bond donors (Lipinski definition) is 3. The highest BCUT2D eigenvalue weighted by molar-refractivity contribution is 6.31. The van der Waals surface area contributed by atoms with Crippen LogP contribution in [0.5, 0.6) is 5.75 Å². The number of phenols is 1. The minimum atomic E-state index is -0.669. The Morgan fingerprint density at radius 3 is 2.64 bits per heavy atom. The standard InChI is InChI=1S/C19H17ClN4O4/c20-13-9-10-15(25)14(11-13)18(27)23-21-16(26)7-4-8-17-22-24-19(28-17)12-5-2-1-3-6-12/h1-3,5-6,9-11,25H,4,7-8H2,(H,21,26)(H,23,27). The minimum Gasteiger partial charge on any atom is -0.507 e. The van der Waals surface area contributed by atoms with Gasteiger partial charge >= 0.3 is 0 Å². The number of nitrogens with one attached hydrogen (secondary N) is 2. The summed E-state index contributed by atoms with van der Waals surface area (Å²) in [5, 5.41) is 17.9. The number of rotatable bonds is 6. The summed E-state index contributed by atoms with van der Waals surface area (Å²) in [5.41, 5.74) is 5.31. The Labute approximate surface area is 165 Å². The lowest BCUT2D eigenvalue weighted by Gasteiger charge is -2.08. The monoisotopic (exact) mass is 400 g/mol. The molecule has 0 aliphatic rings. The number of aryl methyl sites for hydroxylation is 1. The van der Waals surface area contributed by atoms with Gasteiger partial charge in [0, 0.05) is 23.4 Å². The molecule has 3 N–H and O–H groups in total. The van der Waals surface area contributed by atoms with Crippen LogP contribution in [0.3, 0.4) is 0 Å². The largest absolute Gasteiger partial charge is 0.507 e. The van der Waals surface area contributed by atoms with Crippen molar-refractivity contribution >= 4 is 23.4 Å². The third-order valence-corrected chi connectivity index (χ3v) is 4.04. The van der Waals surface area contributed by atoms with Gasteiger partial charge in [-0.2, -0.15) is 0 Å². The lowest BCUT2D eigenvalue weighted by atomic mass is 10.2. The van der Waals surface area contributed by atoms with Crippen LogP contribution in [0.15, 0.2) is 52.9 Å². The first-order valence-electron chi connectivity index (χ1n) is 8.48. The van der Waals surface area contributed by atoms with Gasteiger partial charge in [0.15, 0.2) is 0 Å². The molecule has 3 aromatic rings. The van der Waals surface area contributed by atoms with E-state index in [-0.39, 0.29) is 17.7 Å². The van der Waals surface area contributed by atoms with Crippen LogP contribution < -0.4 is 10.9 Å². The number of hydrogen-bond acceptors (Lipinski definition) is 6. The van der Waals surface area contributed by atoms with Crippen LogP contribution in [0.25, 0.3) is 11.5 Å². The number of carbonyl (C=O) groups excluding carboxylic acids is 2. The summed E-state index contributed by atoms with van der Waals surface area (Å²) in [6.45, 7) is 0. The van der Waals surface area contributed by atoms with Gasteiger partial charge < -0.3 is 9.52 Å². The molecule has 0 atom stereocenters. The quantitative estimate of drug-likeness (QED) is 0.547. The first kappa shape index (κ1) is 19.4. The van der Waals surface area contributed by atoms with Gasteiger partial charge in [-0.3, -0.25) is 20.4 Å². The third-order valence-electron chi connectivity index (χ3n) is 3.80. The van der Waals surface area contributed by atoms with Crippen LogP contribution in [-0.4, -0.2) is 27.1 Å². The highest BCUT2D eigenvalue weighted by Crippen LogP contribution is 2.21. The molecular weight excluding hydrogens is 384 g/mol. The van der Waals surface area contributed by atoms with Crippen LogP contribution in [-0.2, 0) is 11.2 Å². The van der Waals surface area contributed by atoms with Crippen LogP contribution >= 0.6 is 11.6 Å². The summed E-state index contributed by atoms with van der Waals surface area (Å²) in [4.78, 5) is 23.8. The maximum atomic E-state index is 12.0. The van der Waals surface area contributed by atoms with Gasteiger partial charge in [-0.05, 0) is 36.8 Å². The van der Waals surface area contributed by atoms with E-state index < -0.39 is 11.8 Å². The first-order chi connectivity index (χ1) is 13.5. The SMILES string of the molecule is O=C(CCCc1nnc(-c2ccccc2)o1)NNC(=O)c1cc(Cl)ccc1O.